The molecule has 0 saturated heterocycles. The van der Waals surface area contributed by atoms with E-state index in [9.17, 15) is 4.79 Å². The van der Waals surface area contributed by atoms with Crippen LogP contribution >= 0.6 is 23.1 Å². The molecule has 0 bridgehead atoms. The number of carbonyl (C=O) groups is 1. The minimum Gasteiger partial charge on any atom is -0.354 e. The van der Waals surface area contributed by atoms with Crippen molar-refractivity contribution in [2.24, 2.45) is 0 Å². The maximum atomic E-state index is 12.7. The van der Waals surface area contributed by atoms with Crippen LogP contribution in [0.25, 0.3) is 6.08 Å². The highest BCUT2D eigenvalue weighted by Crippen LogP contribution is 2.44. The van der Waals surface area contributed by atoms with Gasteiger partial charge in [-0.05, 0) is 60.2 Å². The van der Waals surface area contributed by atoms with Gasteiger partial charge in [-0.15, -0.1) is 11.3 Å². The van der Waals surface area contributed by atoms with Gasteiger partial charge in [-0.25, -0.2) is 0 Å². The molecule has 0 fully saturated rings. The zero-order chi connectivity index (χ0) is 20.3. The first-order valence-corrected chi connectivity index (χ1v) is 11.4. The molecule has 0 saturated carbocycles. The fourth-order valence-electron chi connectivity index (χ4n) is 3.42. The van der Waals surface area contributed by atoms with Gasteiger partial charge in [-0.3, -0.25) is 4.79 Å². The Bertz CT molecular complexity index is 1240. The zero-order valence-electron chi connectivity index (χ0n) is 16.2. The first kappa shape index (κ1) is 18.9. The maximum absolute atomic E-state index is 12.7. The molecule has 1 aliphatic heterocycles. The van der Waals surface area contributed by atoms with Crippen molar-refractivity contribution in [3.63, 3.8) is 0 Å². The van der Waals surface area contributed by atoms with E-state index in [2.05, 4.69) is 53.8 Å². The molecule has 3 aromatic carbocycles. The Kier molecular flexibility index (Phi) is 5.26. The molecule has 1 N–H and O–H groups in total. The van der Waals surface area contributed by atoms with Crippen molar-refractivity contribution in [1.29, 1.82) is 0 Å². The smallest absolute Gasteiger partial charge is 0.185 e. The Balaban J connectivity index is 1.29. The summed E-state index contributed by atoms with van der Waals surface area (Å²) in [7, 11) is 0. The van der Waals surface area contributed by atoms with E-state index in [-0.39, 0.29) is 5.78 Å². The van der Waals surface area contributed by atoms with Crippen molar-refractivity contribution in [3.05, 3.63) is 112 Å². The van der Waals surface area contributed by atoms with Crippen LogP contribution in [0.1, 0.15) is 25.7 Å². The highest BCUT2D eigenvalue weighted by molar-refractivity contribution is 7.99. The van der Waals surface area contributed by atoms with Crippen LogP contribution in [0.5, 0.6) is 0 Å². The van der Waals surface area contributed by atoms with Crippen molar-refractivity contribution < 1.29 is 4.79 Å². The highest BCUT2D eigenvalue weighted by Gasteiger charge is 2.16. The Hall–Kier alpha value is -3.08. The molecule has 4 aromatic rings. The third-order valence-electron chi connectivity index (χ3n) is 4.94. The van der Waals surface area contributed by atoms with Crippen LogP contribution in [0, 0.1) is 0 Å². The molecule has 5 rings (SSSR count). The third kappa shape index (κ3) is 4.11. The summed E-state index contributed by atoms with van der Waals surface area (Å²) in [6.45, 7) is 0. The van der Waals surface area contributed by atoms with E-state index >= 15 is 0 Å². The molecular formula is C26H19NOS2. The molecule has 0 aliphatic carbocycles. The van der Waals surface area contributed by atoms with Gasteiger partial charge in [0.25, 0.3) is 0 Å². The van der Waals surface area contributed by atoms with Gasteiger partial charge in [-0.1, -0.05) is 54.2 Å². The molecule has 2 nitrogen and oxygen atoms in total. The number of carbonyl (C=O) groups excluding carboxylic acids is 1. The van der Waals surface area contributed by atoms with Gasteiger partial charge < -0.3 is 5.32 Å². The van der Waals surface area contributed by atoms with Gasteiger partial charge in [0.05, 0.1) is 11.4 Å². The molecule has 0 unspecified atom stereocenters. The summed E-state index contributed by atoms with van der Waals surface area (Å²) in [6, 6.07) is 28.7. The normalized spacial score (nSPS) is 12.3. The van der Waals surface area contributed by atoms with Crippen molar-refractivity contribution in [2.75, 3.05) is 5.32 Å². The molecule has 4 heteroatoms. The number of hydrogen-bond donors (Lipinski definition) is 1. The van der Waals surface area contributed by atoms with E-state index in [1.165, 1.54) is 15.3 Å². The summed E-state index contributed by atoms with van der Waals surface area (Å²) in [5.74, 6) is 0.0152. The molecule has 0 spiro atoms. The second-order valence-corrected chi connectivity index (χ2v) is 9.38. The number of nitrogens with one attached hydrogen (secondary N) is 1. The first-order valence-electron chi connectivity index (χ1n) is 9.78. The predicted molar refractivity (Wildman–Crippen MR) is 127 cm³/mol. The van der Waals surface area contributed by atoms with Gasteiger partial charge in [0.1, 0.15) is 0 Å². The summed E-state index contributed by atoms with van der Waals surface area (Å²) in [5.41, 5.74) is 4.06. The number of ketones is 1. The highest BCUT2D eigenvalue weighted by atomic mass is 32.2. The summed E-state index contributed by atoms with van der Waals surface area (Å²) in [6.07, 6.45) is 4.51. The lowest BCUT2D eigenvalue weighted by Crippen LogP contribution is -2.02. The van der Waals surface area contributed by atoms with Crippen LogP contribution in [0.15, 0.2) is 101 Å². The number of benzene rings is 3. The van der Waals surface area contributed by atoms with Crippen LogP contribution < -0.4 is 5.32 Å². The van der Waals surface area contributed by atoms with E-state index in [0.717, 1.165) is 27.6 Å². The van der Waals surface area contributed by atoms with Gasteiger partial charge in [-0.2, -0.15) is 0 Å². The van der Waals surface area contributed by atoms with E-state index in [1.807, 2.05) is 42.5 Å². The fourth-order valence-corrected chi connectivity index (χ4v) is 5.34. The van der Waals surface area contributed by atoms with Gasteiger partial charge in [0, 0.05) is 31.5 Å². The number of rotatable bonds is 5. The number of thiophene rings is 1. The number of fused-ring (bicyclic) bond motifs is 2. The summed E-state index contributed by atoms with van der Waals surface area (Å²) < 4.78 is 0. The van der Waals surface area contributed by atoms with Crippen LogP contribution in [0.3, 0.4) is 0 Å². The lowest BCUT2D eigenvalue weighted by Gasteiger charge is -2.20. The van der Waals surface area contributed by atoms with Crippen LogP contribution in [-0.4, -0.2) is 5.78 Å². The average molecular weight is 426 g/mol. The lowest BCUT2D eigenvalue weighted by molar-refractivity contribution is 0.104. The van der Waals surface area contributed by atoms with Gasteiger partial charge in [0.2, 0.25) is 0 Å². The fraction of sp³-hybridized carbons (Fsp3) is 0.0385. The quantitative estimate of drug-likeness (QED) is 0.234. The number of anilines is 2. The summed E-state index contributed by atoms with van der Waals surface area (Å²) in [4.78, 5) is 17.5. The molecule has 2 heterocycles. The van der Waals surface area contributed by atoms with E-state index in [0.29, 0.717) is 5.56 Å². The monoisotopic (exact) mass is 425 g/mol. The van der Waals surface area contributed by atoms with Crippen LogP contribution in [0.2, 0.25) is 0 Å². The molecule has 0 radical (unpaired) electrons. The number of hydrogen-bond acceptors (Lipinski definition) is 4. The zero-order valence-corrected chi connectivity index (χ0v) is 17.8. The van der Waals surface area contributed by atoms with Crippen molar-refractivity contribution in [2.45, 2.75) is 16.2 Å². The molecule has 1 aliphatic rings. The number of allylic oxidation sites excluding steroid dienone is 1. The molecule has 0 amide bonds. The Morgan fingerprint density at radius 1 is 0.833 bits per heavy atom. The van der Waals surface area contributed by atoms with Gasteiger partial charge in [0.15, 0.2) is 5.78 Å². The second-order valence-electron chi connectivity index (χ2n) is 7.10. The van der Waals surface area contributed by atoms with Gasteiger partial charge >= 0.3 is 0 Å². The minimum absolute atomic E-state index is 0.0152. The number of para-hydroxylation sites is 1. The van der Waals surface area contributed by atoms with E-state index in [4.69, 9.17) is 0 Å². The summed E-state index contributed by atoms with van der Waals surface area (Å²) in [5, 5.41) is 3.44. The molecular weight excluding hydrogens is 406 g/mol. The molecule has 0 atom stereocenters. The molecule has 146 valence electrons. The van der Waals surface area contributed by atoms with E-state index in [1.54, 1.807) is 29.2 Å². The summed E-state index contributed by atoms with van der Waals surface area (Å²) >= 11 is 3.45. The Morgan fingerprint density at radius 3 is 2.53 bits per heavy atom. The van der Waals surface area contributed by atoms with Crippen molar-refractivity contribution in [3.8, 4) is 0 Å². The van der Waals surface area contributed by atoms with E-state index < -0.39 is 0 Å². The molecule has 30 heavy (non-hydrogen) atoms. The SMILES string of the molecule is O=C(/C=C/c1ccc(Cc2ccccc2)s1)c1ccc2c(c1)Nc1ccccc1S2. The maximum Gasteiger partial charge on any atom is 0.185 e. The minimum atomic E-state index is 0.0152. The second kappa shape index (κ2) is 8.34. The van der Waals surface area contributed by atoms with Crippen LogP contribution in [-0.2, 0) is 6.42 Å². The average Bonchev–Trinajstić information content (AvgIpc) is 3.23. The van der Waals surface area contributed by atoms with Crippen LogP contribution in [0.4, 0.5) is 11.4 Å². The standard InChI is InChI=1S/C26H19NOS2/c28-24(14-13-20-11-12-21(29-20)16-18-6-2-1-3-7-18)19-10-15-26-23(17-19)27-22-8-4-5-9-25(22)30-26/h1-15,17,27H,16H2/b14-13+. The largest absolute Gasteiger partial charge is 0.354 e. The molecule has 1 aromatic heterocycles. The van der Waals surface area contributed by atoms with Crippen molar-refractivity contribution in [1.82, 2.24) is 0 Å². The predicted octanol–water partition coefficient (Wildman–Crippen LogP) is 7.44. The topological polar surface area (TPSA) is 29.1 Å². The first-order chi connectivity index (χ1) is 14.7. The lowest BCUT2D eigenvalue weighted by atomic mass is 10.1. The van der Waals surface area contributed by atoms with Crippen molar-refractivity contribution >= 4 is 46.3 Å². The third-order valence-corrected chi connectivity index (χ3v) is 7.15. The Morgan fingerprint density at radius 2 is 1.63 bits per heavy atom. The Labute approximate surface area is 184 Å².